The van der Waals surface area contributed by atoms with E-state index in [4.69, 9.17) is 0 Å². The van der Waals surface area contributed by atoms with Crippen molar-refractivity contribution in [2.45, 2.75) is 24.0 Å². The summed E-state index contributed by atoms with van der Waals surface area (Å²) < 4.78 is 68.2. The van der Waals surface area contributed by atoms with E-state index in [9.17, 15) is 21.6 Å². The first-order chi connectivity index (χ1) is 17.2. The van der Waals surface area contributed by atoms with Crippen LogP contribution in [-0.2, 0) is 29.2 Å². The maximum Gasteiger partial charge on any atom is 0.417 e. The lowest BCUT2D eigenvalue weighted by Crippen LogP contribution is -2.20. The van der Waals surface area contributed by atoms with Crippen molar-refractivity contribution in [1.82, 2.24) is 9.97 Å². The van der Waals surface area contributed by atoms with Crippen LogP contribution in [-0.4, -0.2) is 24.9 Å². The quantitative estimate of drug-likeness (QED) is 0.369. The highest BCUT2D eigenvalue weighted by Crippen LogP contribution is 2.35. The standard InChI is InChI=1S/C26H21F3N4O2S/c27-26(28,29)21-6-2-4-8-23(21)36(34,35)32-25-24(30-14-15-31-25)20-11-9-18(10-12-20)17-33-16-13-19-5-1-3-7-22(19)33/h1-12,14-15H,13,16-17H2,(H,31,32). The number of aromatic nitrogens is 2. The second-order valence-electron chi connectivity index (χ2n) is 8.35. The van der Waals surface area contributed by atoms with Crippen LogP contribution in [0.15, 0.2) is 90.1 Å². The van der Waals surface area contributed by atoms with Crippen LogP contribution in [0.2, 0.25) is 0 Å². The topological polar surface area (TPSA) is 75.2 Å². The summed E-state index contributed by atoms with van der Waals surface area (Å²) in [7, 11) is -4.59. The minimum absolute atomic E-state index is 0.157. The molecule has 0 atom stereocenters. The molecule has 0 fully saturated rings. The molecule has 2 heterocycles. The van der Waals surface area contributed by atoms with Gasteiger partial charge in [-0.3, -0.25) is 9.71 Å². The van der Waals surface area contributed by atoms with Gasteiger partial charge in [0.05, 0.1) is 10.5 Å². The van der Waals surface area contributed by atoms with Gasteiger partial charge < -0.3 is 4.90 Å². The van der Waals surface area contributed by atoms with E-state index in [0.717, 1.165) is 36.7 Å². The van der Waals surface area contributed by atoms with Gasteiger partial charge in [-0.2, -0.15) is 13.2 Å². The molecule has 0 unspecified atom stereocenters. The monoisotopic (exact) mass is 510 g/mol. The minimum atomic E-state index is -4.83. The van der Waals surface area contributed by atoms with Crippen molar-refractivity contribution in [2.75, 3.05) is 16.2 Å². The molecule has 0 radical (unpaired) electrons. The van der Waals surface area contributed by atoms with E-state index in [1.54, 1.807) is 12.1 Å². The Bertz CT molecular complexity index is 1510. The predicted octanol–water partition coefficient (Wildman–Crippen LogP) is 5.53. The average molecular weight is 511 g/mol. The Hall–Kier alpha value is -3.92. The molecule has 1 aliphatic rings. The molecule has 4 aromatic rings. The van der Waals surface area contributed by atoms with E-state index in [-0.39, 0.29) is 11.5 Å². The molecular weight excluding hydrogens is 489 g/mol. The van der Waals surface area contributed by atoms with Crippen LogP contribution in [0.5, 0.6) is 0 Å². The first-order valence-electron chi connectivity index (χ1n) is 11.1. The molecule has 5 rings (SSSR count). The Kier molecular flexibility index (Phi) is 6.13. The third-order valence-corrected chi connectivity index (χ3v) is 7.39. The number of hydrogen-bond acceptors (Lipinski definition) is 5. The number of fused-ring (bicyclic) bond motifs is 1. The summed E-state index contributed by atoms with van der Waals surface area (Å²) in [5.41, 5.74) is 3.12. The normalized spacial score (nSPS) is 13.5. The van der Waals surface area contributed by atoms with Gasteiger partial charge in [-0.05, 0) is 35.7 Å². The van der Waals surface area contributed by atoms with Crippen molar-refractivity contribution in [3.05, 3.63) is 102 Å². The summed E-state index contributed by atoms with van der Waals surface area (Å²) in [6, 6.07) is 19.7. The molecule has 0 aliphatic carbocycles. The number of anilines is 2. The first kappa shape index (κ1) is 23.8. The van der Waals surface area contributed by atoms with Crippen molar-refractivity contribution in [2.24, 2.45) is 0 Å². The summed E-state index contributed by atoms with van der Waals surface area (Å²) in [5.74, 6) is -0.157. The van der Waals surface area contributed by atoms with Gasteiger partial charge >= 0.3 is 6.18 Å². The first-order valence-corrected chi connectivity index (χ1v) is 12.6. The molecule has 3 aromatic carbocycles. The van der Waals surface area contributed by atoms with Crippen LogP contribution in [0.3, 0.4) is 0 Å². The smallest absolute Gasteiger partial charge is 0.367 e. The summed E-state index contributed by atoms with van der Waals surface area (Å²) in [6.07, 6.45) is -1.17. The fourth-order valence-electron chi connectivity index (χ4n) is 4.30. The van der Waals surface area contributed by atoms with Crippen molar-refractivity contribution >= 4 is 21.5 Å². The van der Waals surface area contributed by atoms with Gasteiger partial charge in [0.2, 0.25) is 0 Å². The summed E-state index contributed by atoms with van der Waals surface area (Å²) in [6.45, 7) is 1.64. The van der Waals surface area contributed by atoms with Crippen molar-refractivity contribution in [1.29, 1.82) is 0 Å². The molecule has 6 nitrogen and oxygen atoms in total. The highest BCUT2D eigenvalue weighted by molar-refractivity contribution is 7.92. The van der Waals surface area contributed by atoms with E-state index < -0.39 is 26.7 Å². The number of hydrogen-bond donors (Lipinski definition) is 1. The number of nitrogens with one attached hydrogen (secondary N) is 1. The van der Waals surface area contributed by atoms with Gasteiger partial charge in [0.15, 0.2) is 5.82 Å². The minimum Gasteiger partial charge on any atom is -0.367 e. The van der Waals surface area contributed by atoms with Crippen LogP contribution >= 0.6 is 0 Å². The maximum atomic E-state index is 13.4. The van der Waals surface area contributed by atoms with Crippen LogP contribution < -0.4 is 9.62 Å². The van der Waals surface area contributed by atoms with E-state index >= 15 is 0 Å². The van der Waals surface area contributed by atoms with E-state index in [1.165, 1.54) is 29.7 Å². The molecule has 10 heteroatoms. The Morgan fingerprint density at radius 1 is 0.889 bits per heavy atom. The van der Waals surface area contributed by atoms with Gasteiger partial charge in [0.25, 0.3) is 10.0 Å². The third-order valence-electron chi connectivity index (χ3n) is 6.00. The van der Waals surface area contributed by atoms with E-state index in [1.807, 2.05) is 24.3 Å². The number of nitrogens with zero attached hydrogens (tertiary/aromatic N) is 3. The molecule has 0 bridgehead atoms. The average Bonchev–Trinajstić information content (AvgIpc) is 3.27. The summed E-state index contributed by atoms with van der Waals surface area (Å²) in [5, 5.41) is 0. The Balaban J connectivity index is 1.40. The number of halogens is 3. The molecule has 0 saturated carbocycles. The largest absolute Gasteiger partial charge is 0.417 e. The van der Waals surface area contributed by atoms with Crippen molar-refractivity contribution in [3.8, 4) is 11.3 Å². The lowest BCUT2D eigenvalue weighted by molar-refractivity contribution is -0.139. The second kappa shape index (κ2) is 9.27. The van der Waals surface area contributed by atoms with Gasteiger partial charge in [-0.1, -0.05) is 54.6 Å². The molecular formula is C26H21F3N4O2S. The lowest BCUT2D eigenvalue weighted by atomic mass is 10.1. The molecule has 1 aliphatic heterocycles. The SMILES string of the molecule is O=S(=O)(Nc1nccnc1-c1ccc(CN2CCc3ccccc32)cc1)c1ccccc1C(F)(F)F. The lowest BCUT2D eigenvalue weighted by Gasteiger charge is -2.19. The number of alkyl halides is 3. The number of benzene rings is 3. The van der Waals surface area contributed by atoms with Gasteiger partial charge in [-0.15, -0.1) is 0 Å². The van der Waals surface area contributed by atoms with E-state index in [2.05, 4.69) is 31.7 Å². The van der Waals surface area contributed by atoms with Crippen molar-refractivity contribution in [3.63, 3.8) is 0 Å². The second-order valence-corrected chi connectivity index (χ2v) is 10.0. The zero-order chi connectivity index (χ0) is 25.3. The van der Waals surface area contributed by atoms with Gasteiger partial charge in [-0.25, -0.2) is 13.4 Å². The molecule has 1 N–H and O–H groups in total. The van der Waals surface area contributed by atoms with Crippen LogP contribution in [0, 0.1) is 0 Å². The molecule has 0 spiro atoms. The number of sulfonamides is 1. The van der Waals surface area contributed by atoms with Gasteiger partial charge in [0.1, 0.15) is 5.69 Å². The zero-order valence-corrected chi connectivity index (χ0v) is 19.7. The molecule has 0 saturated heterocycles. The molecule has 36 heavy (non-hydrogen) atoms. The highest BCUT2D eigenvalue weighted by atomic mass is 32.2. The molecule has 184 valence electrons. The zero-order valence-electron chi connectivity index (χ0n) is 18.9. The van der Waals surface area contributed by atoms with E-state index in [0.29, 0.717) is 12.1 Å². The predicted molar refractivity (Wildman–Crippen MR) is 131 cm³/mol. The fourth-order valence-corrected chi connectivity index (χ4v) is 5.55. The Morgan fingerprint density at radius 3 is 2.36 bits per heavy atom. The summed E-state index contributed by atoms with van der Waals surface area (Å²) >= 11 is 0. The van der Waals surface area contributed by atoms with Gasteiger partial charge in [0, 0.05) is 36.7 Å². The summed E-state index contributed by atoms with van der Waals surface area (Å²) in [4.78, 5) is 9.70. The van der Waals surface area contributed by atoms with Crippen LogP contribution in [0.1, 0.15) is 16.7 Å². The Morgan fingerprint density at radius 2 is 1.58 bits per heavy atom. The Labute approximate surface area is 206 Å². The highest BCUT2D eigenvalue weighted by Gasteiger charge is 2.37. The third kappa shape index (κ3) is 4.76. The van der Waals surface area contributed by atoms with Crippen molar-refractivity contribution < 1.29 is 21.6 Å². The van der Waals surface area contributed by atoms with Crippen LogP contribution in [0.4, 0.5) is 24.7 Å². The molecule has 1 aromatic heterocycles. The molecule has 0 amide bonds. The number of para-hydroxylation sites is 1. The fraction of sp³-hybridized carbons (Fsp3) is 0.154. The van der Waals surface area contributed by atoms with Crippen LogP contribution in [0.25, 0.3) is 11.3 Å². The number of rotatable bonds is 6. The maximum absolute atomic E-state index is 13.4.